The van der Waals surface area contributed by atoms with Gasteiger partial charge in [-0.05, 0) is 54.8 Å². The lowest BCUT2D eigenvalue weighted by atomic mass is 9.82. The monoisotopic (exact) mass is 420 g/mol. The van der Waals surface area contributed by atoms with E-state index in [1.165, 1.54) is 29.9 Å². The zero-order valence-corrected chi connectivity index (χ0v) is 18.1. The maximum absolute atomic E-state index is 13.2. The summed E-state index contributed by atoms with van der Waals surface area (Å²) in [7, 11) is 0. The molecular formula is C25H28N2O4. The summed E-state index contributed by atoms with van der Waals surface area (Å²) < 4.78 is 0. The van der Waals surface area contributed by atoms with Gasteiger partial charge in [-0.2, -0.15) is 0 Å². The lowest BCUT2D eigenvalue weighted by Gasteiger charge is -2.29. The number of aromatic hydroxyl groups is 1. The van der Waals surface area contributed by atoms with Crippen molar-refractivity contribution in [3.63, 3.8) is 0 Å². The quantitative estimate of drug-likeness (QED) is 0.761. The molecule has 1 fully saturated rings. The van der Waals surface area contributed by atoms with E-state index in [1.54, 1.807) is 32.9 Å². The summed E-state index contributed by atoms with van der Waals surface area (Å²) in [5.41, 5.74) is 1.52. The number of ketones is 1. The number of aliphatic hydroxyl groups is 1. The van der Waals surface area contributed by atoms with Gasteiger partial charge >= 0.3 is 0 Å². The van der Waals surface area contributed by atoms with Crippen LogP contribution >= 0.6 is 0 Å². The highest BCUT2D eigenvalue weighted by molar-refractivity contribution is 6.17. The Bertz CT molecular complexity index is 1040. The lowest BCUT2D eigenvalue weighted by molar-refractivity contribution is -0.123. The third kappa shape index (κ3) is 3.78. The van der Waals surface area contributed by atoms with Crippen molar-refractivity contribution in [2.45, 2.75) is 39.7 Å². The number of hydrogen-bond donors (Lipinski definition) is 2. The molecule has 2 aromatic rings. The van der Waals surface area contributed by atoms with Gasteiger partial charge in [0.2, 0.25) is 0 Å². The van der Waals surface area contributed by atoms with E-state index < -0.39 is 23.1 Å². The number of hydrogen-bond acceptors (Lipinski definition) is 5. The number of phenols is 1. The van der Waals surface area contributed by atoms with Gasteiger partial charge in [-0.25, -0.2) is 0 Å². The van der Waals surface area contributed by atoms with Gasteiger partial charge in [0.1, 0.15) is 5.75 Å². The highest BCUT2D eigenvalue weighted by Gasteiger charge is 2.46. The van der Waals surface area contributed by atoms with Crippen molar-refractivity contribution < 1.29 is 19.8 Å². The summed E-state index contributed by atoms with van der Waals surface area (Å²) in [6.07, 6.45) is 2.34. The predicted octanol–water partition coefficient (Wildman–Crippen LogP) is 4.51. The van der Waals surface area contributed by atoms with E-state index >= 15 is 0 Å². The number of rotatable bonds is 4. The SMILES string of the molecule is CC(C)(C)C(=O)C1=C(O)C(=O)N(c2ccc(N3CCCC3)cc2)C1c1cccc(O)c1. The number of amides is 1. The van der Waals surface area contributed by atoms with Crippen LogP contribution in [0, 0.1) is 5.41 Å². The lowest BCUT2D eigenvalue weighted by Crippen LogP contribution is -2.32. The minimum Gasteiger partial charge on any atom is -0.508 e. The van der Waals surface area contributed by atoms with Crippen LogP contribution in [0.5, 0.6) is 5.75 Å². The number of anilines is 2. The molecule has 1 saturated heterocycles. The van der Waals surface area contributed by atoms with Crippen molar-refractivity contribution in [3.8, 4) is 5.75 Å². The number of aliphatic hydroxyl groups excluding tert-OH is 1. The molecule has 1 amide bonds. The Morgan fingerprint density at radius 3 is 2.16 bits per heavy atom. The average molecular weight is 421 g/mol. The summed E-state index contributed by atoms with van der Waals surface area (Å²) in [5.74, 6) is -1.42. The fourth-order valence-electron chi connectivity index (χ4n) is 4.32. The molecule has 6 nitrogen and oxygen atoms in total. The summed E-state index contributed by atoms with van der Waals surface area (Å²) in [5, 5.41) is 20.8. The molecule has 2 aromatic carbocycles. The highest BCUT2D eigenvalue weighted by Crippen LogP contribution is 2.44. The Balaban J connectivity index is 1.79. The van der Waals surface area contributed by atoms with Gasteiger partial charge < -0.3 is 15.1 Å². The van der Waals surface area contributed by atoms with Crippen molar-refractivity contribution in [1.82, 2.24) is 0 Å². The maximum atomic E-state index is 13.2. The zero-order valence-electron chi connectivity index (χ0n) is 18.1. The zero-order chi connectivity index (χ0) is 22.3. The van der Waals surface area contributed by atoms with Gasteiger partial charge in [-0.3, -0.25) is 14.5 Å². The second kappa shape index (κ2) is 7.76. The van der Waals surface area contributed by atoms with E-state index in [2.05, 4.69) is 4.90 Å². The largest absolute Gasteiger partial charge is 0.508 e. The Kier molecular flexibility index (Phi) is 5.25. The van der Waals surface area contributed by atoms with Crippen molar-refractivity contribution in [1.29, 1.82) is 0 Å². The number of carbonyl (C=O) groups is 2. The molecule has 0 saturated carbocycles. The van der Waals surface area contributed by atoms with Gasteiger partial charge in [0.25, 0.3) is 5.91 Å². The first-order valence-corrected chi connectivity index (χ1v) is 10.6. The molecule has 1 atom stereocenters. The molecule has 2 N–H and O–H groups in total. The van der Waals surface area contributed by atoms with E-state index in [1.807, 2.05) is 24.3 Å². The minimum absolute atomic E-state index is 0.0308. The number of nitrogens with zero attached hydrogens (tertiary/aromatic N) is 2. The molecule has 6 heteroatoms. The smallest absolute Gasteiger partial charge is 0.294 e. The molecule has 1 unspecified atom stereocenters. The van der Waals surface area contributed by atoms with Gasteiger partial charge in [0, 0.05) is 29.9 Å². The molecule has 0 spiro atoms. The molecule has 0 aliphatic carbocycles. The van der Waals surface area contributed by atoms with Crippen LogP contribution in [0.25, 0.3) is 0 Å². The van der Waals surface area contributed by atoms with Gasteiger partial charge in [-0.1, -0.05) is 32.9 Å². The highest BCUT2D eigenvalue weighted by atomic mass is 16.3. The third-order valence-electron chi connectivity index (χ3n) is 5.92. The molecular weight excluding hydrogens is 392 g/mol. The molecule has 2 aliphatic heterocycles. The topological polar surface area (TPSA) is 81.1 Å². The van der Waals surface area contributed by atoms with Crippen LogP contribution in [0.3, 0.4) is 0 Å². The molecule has 31 heavy (non-hydrogen) atoms. The molecule has 0 bridgehead atoms. The Morgan fingerprint density at radius 2 is 1.58 bits per heavy atom. The fraction of sp³-hybridized carbons (Fsp3) is 0.360. The average Bonchev–Trinajstić information content (AvgIpc) is 3.35. The first-order chi connectivity index (χ1) is 14.7. The standard InChI is InChI=1S/C25H28N2O4/c1-25(2,3)23(30)20-21(16-7-6-8-19(28)15-16)27(24(31)22(20)29)18-11-9-17(10-12-18)26-13-4-5-14-26/h6-12,15,21,28-29H,4-5,13-14H2,1-3H3. The van der Waals surface area contributed by atoms with Crippen LogP contribution < -0.4 is 9.80 Å². The number of carbonyl (C=O) groups excluding carboxylic acids is 2. The van der Waals surface area contributed by atoms with Crippen molar-refractivity contribution >= 4 is 23.1 Å². The van der Waals surface area contributed by atoms with Crippen LogP contribution in [-0.2, 0) is 9.59 Å². The molecule has 162 valence electrons. The summed E-state index contributed by atoms with van der Waals surface area (Å²) in [6, 6.07) is 13.3. The fourth-order valence-corrected chi connectivity index (χ4v) is 4.32. The van der Waals surface area contributed by atoms with E-state index in [9.17, 15) is 19.8 Å². The number of phenolic OH excluding ortho intramolecular Hbond substituents is 1. The Labute approximate surface area is 182 Å². The van der Waals surface area contributed by atoms with Crippen LogP contribution in [0.1, 0.15) is 45.2 Å². The van der Waals surface area contributed by atoms with Gasteiger partial charge in [-0.15, -0.1) is 0 Å². The van der Waals surface area contributed by atoms with Crippen molar-refractivity contribution in [2.75, 3.05) is 22.9 Å². The number of benzene rings is 2. The minimum atomic E-state index is -0.816. The first kappa shape index (κ1) is 21.0. The second-order valence-electron chi connectivity index (χ2n) is 9.22. The molecule has 0 aromatic heterocycles. The Hall–Kier alpha value is -3.28. The van der Waals surface area contributed by atoms with Crippen molar-refractivity contribution in [3.05, 3.63) is 65.4 Å². The van der Waals surface area contributed by atoms with Crippen molar-refractivity contribution in [2.24, 2.45) is 5.41 Å². The summed E-state index contributed by atoms with van der Waals surface area (Å²) in [6.45, 7) is 7.30. The molecule has 0 radical (unpaired) electrons. The molecule has 2 aliphatic rings. The summed E-state index contributed by atoms with van der Waals surface area (Å²) >= 11 is 0. The maximum Gasteiger partial charge on any atom is 0.294 e. The van der Waals surface area contributed by atoms with E-state index in [0.29, 0.717) is 11.3 Å². The van der Waals surface area contributed by atoms with Gasteiger partial charge in [0.05, 0.1) is 11.6 Å². The Morgan fingerprint density at radius 1 is 0.968 bits per heavy atom. The van der Waals surface area contributed by atoms with E-state index in [4.69, 9.17) is 0 Å². The van der Waals surface area contributed by atoms with E-state index in [-0.39, 0.29) is 17.1 Å². The second-order valence-corrected chi connectivity index (χ2v) is 9.22. The predicted molar refractivity (Wildman–Crippen MR) is 120 cm³/mol. The molecule has 4 rings (SSSR count). The van der Waals surface area contributed by atoms with Crippen LogP contribution in [-0.4, -0.2) is 35.0 Å². The van der Waals surface area contributed by atoms with E-state index in [0.717, 1.165) is 18.8 Å². The molecule has 2 heterocycles. The van der Waals surface area contributed by atoms with Crippen LogP contribution in [0.2, 0.25) is 0 Å². The summed E-state index contributed by atoms with van der Waals surface area (Å²) in [4.78, 5) is 30.1. The first-order valence-electron chi connectivity index (χ1n) is 10.6. The number of Topliss-reactive ketones (excluding diaryl/α,β-unsaturated/α-hetero) is 1. The van der Waals surface area contributed by atoms with Crippen LogP contribution in [0.4, 0.5) is 11.4 Å². The van der Waals surface area contributed by atoms with Gasteiger partial charge in [0.15, 0.2) is 11.5 Å². The third-order valence-corrected chi connectivity index (χ3v) is 5.92. The van der Waals surface area contributed by atoms with Crippen LogP contribution in [0.15, 0.2) is 59.9 Å². The normalized spacial score (nSPS) is 19.5.